The molecule has 2 N–H and O–H groups in total. The summed E-state index contributed by atoms with van der Waals surface area (Å²) >= 11 is 0. The Balaban J connectivity index is 2.55. The van der Waals surface area contributed by atoms with Gasteiger partial charge in [-0.2, -0.15) is 0 Å². The average molecular weight is 257 g/mol. The molecule has 0 aliphatic carbocycles. The minimum atomic E-state index is 0.213. The summed E-state index contributed by atoms with van der Waals surface area (Å²) in [5.74, 6) is 0. The molecule has 1 heterocycles. The smallest absolute Gasteiger partial charge is 0.0463 e. The van der Waals surface area contributed by atoms with Gasteiger partial charge in [0.2, 0.25) is 0 Å². The minimum absolute atomic E-state index is 0.213. The first-order valence-electron chi connectivity index (χ1n) is 6.67. The van der Waals surface area contributed by atoms with Gasteiger partial charge in [-0.15, -0.1) is 0 Å². The first-order chi connectivity index (χ1) is 8.82. The standard InChI is InChI=1S/C16H23N3/c1-11(16(2,3)4)19(5)15-7-6-14(17)12-8-9-18-10-13(12)15/h6-11H,17H2,1-5H3. The number of nitrogen functional groups attached to an aromatic ring is 1. The Morgan fingerprint density at radius 3 is 2.47 bits per heavy atom. The zero-order chi connectivity index (χ0) is 14.2. The molecular formula is C16H23N3. The van der Waals surface area contributed by atoms with Gasteiger partial charge >= 0.3 is 0 Å². The van der Waals surface area contributed by atoms with E-state index in [4.69, 9.17) is 5.73 Å². The fraction of sp³-hybridized carbons (Fsp3) is 0.438. The second kappa shape index (κ2) is 4.72. The lowest BCUT2D eigenvalue weighted by molar-refractivity contribution is 0.330. The maximum absolute atomic E-state index is 6.04. The number of aromatic nitrogens is 1. The van der Waals surface area contributed by atoms with Crippen molar-refractivity contribution in [1.82, 2.24) is 4.98 Å². The van der Waals surface area contributed by atoms with Crippen LogP contribution in [0.5, 0.6) is 0 Å². The van der Waals surface area contributed by atoms with Gasteiger partial charge in [0.1, 0.15) is 0 Å². The van der Waals surface area contributed by atoms with Crippen molar-refractivity contribution in [1.29, 1.82) is 0 Å². The van der Waals surface area contributed by atoms with Crippen molar-refractivity contribution in [3.63, 3.8) is 0 Å². The van der Waals surface area contributed by atoms with Gasteiger partial charge < -0.3 is 10.6 Å². The molecule has 0 fully saturated rings. The minimum Gasteiger partial charge on any atom is -0.398 e. The summed E-state index contributed by atoms with van der Waals surface area (Å²) in [6.07, 6.45) is 3.68. The number of nitrogens with zero attached hydrogens (tertiary/aromatic N) is 2. The molecule has 0 spiro atoms. The van der Waals surface area contributed by atoms with Crippen LogP contribution in [0.3, 0.4) is 0 Å². The lowest BCUT2D eigenvalue weighted by atomic mass is 9.86. The summed E-state index contributed by atoms with van der Waals surface area (Å²) in [4.78, 5) is 6.55. The molecular weight excluding hydrogens is 234 g/mol. The highest BCUT2D eigenvalue weighted by Gasteiger charge is 2.25. The van der Waals surface area contributed by atoms with Crippen molar-refractivity contribution < 1.29 is 0 Å². The molecule has 1 atom stereocenters. The van der Waals surface area contributed by atoms with Crippen LogP contribution in [0.1, 0.15) is 27.7 Å². The van der Waals surface area contributed by atoms with Gasteiger partial charge in [0, 0.05) is 47.6 Å². The molecule has 1 unspecified atom stereocenters. The van der Waals surface area contributed by atoms with Crippen LogP contribution in [0, 0.1) is 5.41 Å². The predicted molar refractivity (Wildman–Crippen MR) is 83.5 cm³/mol. The molecule has 0 aliphatic rings. The topological polar surface area (TPSA) is 42.1 Å². The van der Waals surface area contributed by atoms with Crippen molar-refractivity contribution in [2.24, 2.45) is 5.41 Å². The van der Waals surface area contributed by atoms with E-state index in [0.717, 1.165) is 16.5 Å². The molecule has 3 heteroatoms. The van der Waals surface area contributed by atoms with Crippen LogP contribution in [0.4, 0.5) is 11.4 Å². The van der Waals surface area contributed by atoms with E-state index >= 15 is 0 Å². The van der Waals surface area contributed by atoms with E-state index in [2.05, 4.69) is 50.7 Å². The number of hydrogen-bond donors (Lipinski definition) is 1. The fourth-order valence-corrected chi connectivity index (χ4v) is 2.30. The van der Waals surface area contributed by atoms with Crippen molar-refractivity contribution in [2.45, 2.75) is 33.7 Å². The van der Waals surface area contributed by atoms with Crippen molar-refractivity contribution in [3.8, 4) is 0 Å². The Morgan fingerprint density at radius 1 is 1.16 bits per heavy atom. The van der Waals surface area contributed by atoms with E-state index in [0.29, 0.717) is 6.04 Å². The summed E-state index contributed by atoms with van der Waals surface area (Å²) < 4.78 is 0. The molecule has 0 radical (unpaired) electrons. The van der Waals surface area contributed by atoms with Gasteiger partial charge in [-0.05, 0) is 30.5 Å². The molecule has 0 amide bonds. The lowest BCUT2D eigenvalue weighted by Crippen LogP contribution is -2.39. The number of fused-ring (bicyclic) bond motifs is 1. The second-order valence-electron chi connectivity index (χ2n) is 6.25. The van der Waals surface area contributed by atoms with Crippen LogP contribution in [0.2, 0.25) is 0 Å². The van der Waals surface area contributed by atoms with Crippen LogP contribution < -0.4 is 10.6 Å². The zero-order valence-corrected chi connectivity index (χ0v) is 12.4. The molecule has 19 heavy (non-hydrogen) atoms. The number of pyridine rings is 1. The molecule has 102 valence electrons. The Morgan fingerprint density at radius 2 is 1.84 bits per heavy atom. The number of benzene rings is 1. The van der Waals surface area contributed by atoms with Crippen LogP contribution in [0.25, 0.3) is 10.8 Å². The van der Waals surface area contributed by atoms with Gasteiger partial charge in [0.15, 0.2) is 0 Å². The molecule has 0 saturated carbocycles. The highest BCUT2D eigenvalue weighted by Crippen LogP contribution is 2.33. The highest BCUT2D eigenvalue weighted by atomic mass is 15.1. The lowest BCUT2D eigenvalue weighted by Gasteiger charge is -2.37. The second-order valence-corrected chi connectivity index (χ2v) is 6.25. The molecule has 1 aromatic carbocycles. The largest absolute Gasteiger partial charge is 0.398 e. The number of anilines is 2. The molecule has 0 bridgehead atoms. The Bertz CT molecular complexity index is 584. The highest BCUT2D eigenvalue weighted by molar-refractivity contribution is 6.00. The van der Waals surface area contributed by atoms with Gasteiger partial charge in [-0.3, -0.25) is 4.98 Å². The molecule has 0 aliphatic heterocycles. The number of hydrogen-bond acceptors (Lipinski definition) is 3. The maximum Gasteiger partial charge on any atom is 0.0463 e. The van der Waals surface area contributed by atoms with Crippen LogP contribution in [-0.2, 0) is 0 Å². The fourth-order valence-electron chi connectivity index (χ4n) is 2.30. The SMILES string of the molecule is CC(N(C)c1ccc(N)c2ccncc12)C(C)(C)C. The van der Waals surface area contributed by atoms with E-state index in [-0.39, 0.29) is 5.41 Å². The maximum atomic E-state index is 6.04. The third-order valence-corrected chi connectivity index (χ3v) is 4.04. The van der Waals surface area contributed by atoms with E-state index < -0.39 is 0 Å². The Labute approximate surface area is 115 Å². The molecule has 1 aromatic heterocycles. The molecule has 2 aromatic rings. The first kappa shape index (κ1) is 13.7. The summed E-state index contributed by atoms with van der Waals surface area (Å²) in [7, 11) is 2.13. The van der Waals surface area contributed by atoms with Crippen molar-refractivity contribution in [3.05, 3.63) is 30.6 Å². The quantitative estimate of drug-likeness (QED) is 0.834. The van der Waals surface area contributed by atoms with Crippen LogP contribution in [-0.4, -0.2) is 18.1 Å². The molecule has 2 rings (SSSR count). The van der Waals surface area contributed by atoms with Gasteiger partial charge in [-0.25, -0.2) is 0 Å². The monoisotopic (exact) mass is 257 g/mol. The Hall–Kier alpha value is -1.77. The Kier molecular flexibility index (Phi) is 3.40. The first-order valence-corrected chi connectivity index (χ1v) is 6.67. The number of nitrogens with two attached hydrogens (primary N) is 1. The third kappa shape index (κ3) is 2.50. The average Bonchev–Trinajstić information content (AvgIpc) is 2.37. The van der Waals surface area contributed by atoms with E-state index in [1.54, 1.807) is 6.20 Å². The summed E-state index contributed by atoms with van der Waals surface area (Å²) in [5, 5.41) is 2.18. The zero-order valence-electron chi connectivity index (χ0n) is 12.4. The third-order valence-electron chi connectivity index (χ3n) is 4.04. The van der Waals surface area contributed by atoms with Crippen molar-refractivity contribution in [2.75, 3.05) is 17.7 Å². The number of rotatable bonds is 2. The van der Waals surface area contributed by atoms with E-state index in [1.807, 2.05) is 18.3 Å². The molecule has 3 nitrogen and oxygen atoms in total. The van der Waals surface area contributed by atoms with Crippen molar-refractivity contribution >= 4 is 22.1 Å². The molecule has 0 saturated heterocycles. The van der Waals surface area contributed by atoms with E-state index in [9.17, 15) is 0 Å². The predicted octanol–water partition coefficient (Wildman–Crippen LogP) is 3.69. The summed E-state index contributed by atoms with van der Waals surface area (Å²) in [5.41, 5.74) is 8.24. The van der Waals surface area contributed by atoms with Crippen LogP contribution >= 0.6 is 0 Å². The van der Waals surface area contributed by atoms with E-state index in [1.165, 1.54) is 5.69 Å². The van der Waals surface area contributed by atoms with Gasteiger partial charge in [0.25, 0.3) is 0 Å². The van der Waals surface area contributed by atoms with Gasteiger partial charge in [0.05, 0.1) is 0 Å². The summed E-state index contributed by atoms with van der Waals surface area (Å²) in [6, 6.07) is 6.45. The normalized spacial score (nSPS) is 13.5. The van der Waals surface area contributed by atoms with Crippen LogP contribution in [0.15, 0.2) is 30.6 Å². The van der Waals surface area contributed by atoms with Gasteiger partial charge in [-0.1, -0.05) is 20.8 Å². The summed E-state index contributed by atoms with van der Waals surface area (Å²) in [6.45, 7) is 9.02.